The number of anilines is 1. The largest absolute Gasteiger partial charge is 0.354 e. The van der Waals surface area contributed by atoms with Crippen LogP contribution >= 0.6 is 0 Å². The Hall–Kier alpha value is -2.09. The van der Waals surface area contributed by atoms with Crippen molar-refractivity contribution in [2.75, 3.05) is 31.1 Å². The lowest BCUT2D eigenvalue weighted by molar-refractivity contribution is -0.146. The van der Waals surface area contributed by atoms with Crippen molar-refractivity contribution in [2.24, 2.45) is 10.8 Å². The molecule has 1 amide bonds. The smallest absolute Gasteiger partial charge is 0.230 e. The molecule has 0 N–H and O–H groups in total. The second kappa shape index (κ2) is 6.08. The maximum Gasteiger partial charge on any atom is 0.230 e. The molecule has 3 heterocycles. The molecule has 0 bridgehead atoms. The minimum Gasteiger partial charge on any atom is -0.354 e. The number of hydrogen-bond donors (Lipinski definition) is 0. The van der Waals surface area contributed by atoms with E-state index in [4.69, 9.17) is 0 Å². The summed E-state index contributed by atoms with van der Waals surface area (Å²) in [4.78, 5) is 21.7. The predicted octanol–water partition coefficient (Wildman–Crippen LogP) is 2.82. The van der Waals surface area contributed by atoms with Crippen LogP contribution in [0.2, 0.25) is 0 Å². The Morgan fingerprint density at radius 3 is 2.83 bits per heavy atom. The zero-order chi connectivity index (χ0) is 17.4. The molecule has 5 nitrogen and oxygen atoms in total. The zero-order valence-corrected chi connectivity index (χ0v) is 14.9. The number of hydrogen-bond acceptors (Lipinski definition) is 4. The second-order valence-electron chi connectivity index (χ2n) is 8.33. The molecule has 3 rings (SSSR count). The van der Waals surface area contributed by atoms with Gasteiger partial charge in [-0.25, -0.2) is 4.98 Å². The lowest BCUT2D eigenvalue weighted by Crippen LogP contribution is -2.52. The van der Waals surface area contributed by atoms with Crippen LogP contribution in [-0.2, 0) is 4.79 Å². The number of carbonyl (C=O) groups excluding carboxylic acids is 1. The van der Waals surface area contributed by atoms with E-state index >= 15 is 0 Å². The summed E-state index contributed by atoms with van der Waals surface area (Å²) in [7, 11) is 0. The van der Waals surface area contributed by atoms with Crippen molar-refractivity contribution < 1.29 is 4.79 Å². The highest BCUT2D eigenvalue weighted by Crippen LogP contribution is 2.42. The third kappa shape index (κ3) is 3.10. The standard InChI is InChI=1S/C19H26N4O/c1-18(2,3)13-23-10-5-7-19(17(23)24)8-11-22(14-19)16-15(12-20)6-4-9-21-16/h4,6,9H,5,7-8,10-11,13-14H2,1-3H3/t19-/m1/s1. The number of pyridine rings is 1. The van der Waals surface area contributed by atoms with Crippen molar-refractivity contribution in [1.82, 2.24) is 9.88 Å². The molecule has 0 unspecified atom stereocenters. The molecule has 2 saturated heterocycles. The van der Waals surface area contributed by atoms with Crippen LogP contribution in [0.5, 0.6) is 0 Å². The van der Waals surface area contributed by atoms with Gasteiger partial charge in [-0.15, -0.1) is 0 Å². The lowest BCUT2D eigenvalue weighted by Gasteiger charge is -2.41. The van der Waals surface area contributed by atoms with Crippen LogP contribution in [0.15, 0.2) is 18.3 Å². The van der Waals surface area contributed by atoms with Crippen molar-refractivity contribution in [1.29, 1.82) is 5.26 Å². The first-order valence-electron chi connectivity index (χ1n) is 8.74. The number of nitriles is 1. The molecule has 1 aromatic rings. The van der Waals surface area contributed by atoms with Gasteiger partial charge in [0.05, 0.1) is 11.0 Å². The highest BCUT2D eigenvalue weighted by atomic mass is 16.2. The van der Waals surface area contributed by atoms with Crippen molar-refractivity contribution in [3.63, 3.8) is 0 Å². The van der Waals surface area contributed by atoms with Gasteiger partial charge in [0.1, 0.15) is 11.9 Å². The molecule has 128 valence electrons. The fraction of sp³-hybridized carbons (Fsp3) is 0.632. The molecule has 0 aromatic carbocycles. The van der Waals surface area contributed by atoms with Crippen LogP contribution in [0, 0.1) is 22.2 Å². The third-order valence-electron chi connectivity index (χ3n) is 5.05. The fourth-order valence-corrected chi connectivity index (χ4v) is 4.04. The molecule has 2 aliphatic rings. The van der Waals surface area contributed by atoms with E-state index in [1.807, 2.05) is 0 Å². The second-order valence-corrected chi connectivity index (χ2v) is 8.33. The minimum absolute atomic E-state index is 0.113. The van der Waals surface area contributed by atoms with Crippen molar-refractivity contribution in [2.45, 2.75) is 40.0 Å². The van der Waals surface area contributed by atoms with Gasteiger partial charge in [0, 0.05) is 32.4 Å². The number of aromatic nitrogens is 1. The van der Waals surface area contributed by atoms with Gasteiger partial charge in [-0.2, -0.15) is 5.26 Å². The Balaban J connectivity index is 1.80. The SMILES string of the molecule is CC(C)(C)CN1CCC[C@]2(CCN(c3ncccc3C#N)C2)C1=O. The average molecular weight is 326 g/mol. The molecule has 1 aromatic heterocycles. The summed E-state index contributed by atoms with van der Waals surface area (Å²) in [5.41, 5.74) is 0.402. The summed E-state index contributed by atoms with van der Waals surface area (Å²) in [6, 6.07) is 5.79. The maximum atomic E-state index is 13.2. The minimum atomic E-state index is -0.298. The van der Waals surface area contributed by atoms with E-state index in [1.165, 1.54) is 0 Å². The molecular weight excluding hydrogens is 300 g/mol. The quantitative estimate of drug-likeness (QED) is 0.838. The summed E-state index contributed by atoms with van der Waals surface area (Å²) < 4.78 is 0. The molecule has 1 atom stereocenters. The number of carbonyl (C=O) groups is 1. The van der Waals surface area contributed by atoms with Gasteiger partial charge >= 0.3 is 0 Å². The molecule has 0 aliphatic carbocycles. The average Bonchev–Trinajstić information content (AvgIpc) is 2.96. The Morgan fingerprint density at radius 1 is 1.33 bits per heavy atom. The topological polar surface area (TPSA) is 60.2 Å². The van der Waals surface area contributed by atoms with E-state index in [0.717, 1.165) is 44.7 Å². The van der Waals surface area contributed by atoms with Gasteiger partial charge in [-0.3, -0.25) is 4.79 Å². The van der Waals surface area contributed by atoms with Crippen molar-refractivity contribution >= 4 is 11.7 Å². The number of nitrogens with zero attached hydrogens (tertiary/aromatic N) is 4. The van der Waals surface area contributed by atoms with E-state index in [2.05, 4.69) is 41.6 Å². The summed E-state index contributed by atoms with van der Waals surface area (Å²) in [5, 5.41) is 9.31. The van der Waals surface area contributed by atoms with E-state index in [0.29, 0.717) is 18.0 Å². The van der Waals surface area contributed by atoms with E-state index in [1.54, 1.807) is 18.3 Å². The summed E-state index contributed by atoms with van der Waals surface area (Å²) >= 11 is 0. The van der Waals surface area contributed by atoms with Crippen LogP contribution < -0.4 is 4.90 Å². The molecule has 24 heavy (non-hydrogen) atoms. The summed E-state index contributed by atoms with van der Waals surface area (Å²) in [5.74, 6) is 1.01. The Bertz CT molecular complexity index is 673. The highest BCUT2D eigenvalue weighted by molar-refractivity contribution is 5.85. The zero-order valence-electron chi connectivity index (χ0n) is 14.9. The number of piperidine rings is 1. The van der Waals surface area contributed by atoms with Crippen LogP contribution in [0.4, 0.5) is 5.82 Å². The van der Waals surface area contributed by atoms with Crippen LogP contribution in [0.1, 0.15) is 45.6 Å². The first-order chi connectivity index (χ1) is 11.3. The molecule has 2 aliphatic heterocycles. The summed E-state index contributed by atoms with van der Waals surface area (Å²) in [6.45, 7) is 9.67. The highest BCUT2D eigenvalue weighted by Gasteiger charge is 2.49. The predicted molar refractivity (Wildman–Crippen MR) is 93.5 cm³/mol. The van der Waals surface area contributed by atoms with Gasteiger partial charge in [0.25, 0.3) is 0 Å². The van der Waals surface area contributed by atoms with Gasteiger partial charge in [0.2, 0.25) is 5.91 Å². The fourth-order valence-electron chi connectivity index (χ4n) is 4.04. The maximum absolute atomic E-state index is 13.2. The van der Waals surface area contributed by atoms with Crippen LogP contribution in [0.3, 0.4) is 0 Å². The lowest BCUT2D eigenvalue weighted by atomic mass is 9.77. The van der Waals surface area contributed by atoms with Gasteiger partial charge in [0.15, 0.2) is 0 Å². The number of rotatable bonds is 2. The van der Waals surface area contributed by atoms with Crippen molar-refractivity contribution in [3.8, 4) is 6.07 Å². The first-order valence-corrected chi connectivity index (χ1v) is 8.74. The van der Waals surface area contributed by atoms with Crippen LogP contribution in [-0.4, -0.2) is 42.0 Å². The first kappa shape index (κ1) is 16.8. The molecule has 0 radical (unpaired) electrons. The van der Waals surface area contributed by atoms with Gasteiger partial charge in [-0.1, -0.05) is 20.8 Å². The monoisotopic (exact) mass is 326 g/mol. The van der Waals surface area contributed by atoms with Crippen molar-refractivity contribution in [3.05, 3.63) is 23.9 Å². The van der Waals surface area contributed by atoms with Gasteiger partial charge < -0.3 is 9.80 Å². The number of amides is 1. The molecule has 5 heteroatoms. The van der Waals surface area contributed by atoms with Gasteiger partial charge in [-0.05, 0) is 36.8 Å². The Labute approximate surface area is 144 Å². The third-order valence-corrected chi connectivity index (χ3v) is 5.05. The van der Waals surface area contributed by atoms with Crippen LogP contribution in [0.25, 0.3) is 0 Å². The molecule has 0 saturated carbocycles. The molecule has 1 spiro atoms. The molecule has 2 fully saturated rings. The Morgan fingerprint density at radius 2 is 2.12 bits per heavy atom. The summed E-state index contributed by atoms with van der Waals surface area (Å²) in [6.07, 6.45) is 4.57. The number of likely N-dealkylation sites (tertiary alicyclic amines) is 1. The van der Waals surface area contributed by atoms with E-state index in [9.17, 15) is 10.1 Å². The van der Waals surface area contributed by atoms with E-state index < -0.39 is 0 Å². The normalized spacial score (nSPS) is 24.5. The molecular formula is C19H26N4O. The Kier molecular flexibility index (Phi) is 4.25. The van der Waals surface area contributed by atoms with E-state index in [-0.39, 0.29) is 10.8 Å².